The zero-order chi connectivity index (χ0) is 45.5. The number of nitrogens with zero attached hydrogens (tertiary/aromatic N) is 2. The van der Waals surface area contributed by atoms with Gasteiger partial charge in [-0.25, -0.2) is 0 Å². The third-order valence-electron chi connectivity index (χ3n) is 13.7. The van der Waals surface area contributed by atoms with Gasteiger partial charge in [0.25, 0.3) is 0 Å². The van der Waals surface area contributed by atoms with Gasteiger partial charge >= 0.3 is 0 Å². The molecule has 8 aromatic carbocycles. The first-order valence-electron chi connectivity index (χ1n) is 24.1. The van der Waals surface area contributed by atoms with Crippen LogP contribution in [0.2, 0.25) is 0 Å². The van der Waals surface area contributed by atoms with Gasteiger partial charge in [0.1, 0.15) is 0 Å². The SMILES string of the molecule is C1=CC(c2ccccc2)CC=C1N(C1=CCC(c2ccccc2-c2ccc(N(C3=CCC(c4ccccc4)C=C3)c3ccc(-c4ccccc4)cc3)cc2)C=C1)c1ccc(-c2ccccc2)cc1. The summed E-state index contributed by atoms with van der Waals surface area (Å²) in [6.07, 6.45) is 24.2. The van der Waals surface area contributed by atoms with Crippen molar-refractivity contribution >= 4 is 17.1 Å². The molecule has 0 saturated carbocycles. The second-order valence-electron chi connectivity index (χ2n) is 17.9. The van der Waals surface area contributed by atoms with Crippen LogP contribution in [-0.2, 0) is 0 Å². The van der Waals surface area contributed by atoms with Crippen LogP contribution in [0, 0.1) is 0 Å². The van der Waals surface area contributed by atoms with Gasteiger partial charge in [0.15, 0.2) is 0 Å². The van der Waals surface area contributed by atoms with E-state index < -0.39 is 0 Å². The third-order valence-corrected chi connectivity index (χ3v) is 13.7. The Hall–Kier alpha value is -8.20. The smallest absolute Gasteiger partial charge is 0.0461 e. The van der Waals surface area contributed by atoms with Crippen molar-refractivity contribution in [2.75, 3.05) is 9.80 Å². The molecule has 0 saturated heterocycles. The van der Waals surface area contributed by atoms with Gasteiger partial charge in [0, 0.05) is 51.9 Å². The molecule has 11 rings (SSSR count). The van der Waals surface area contributed by atoms with Gasteiger partial charge in [-0.1, -0.05) is 218 Å². The summed E-state index contributed by atoms with van der Waals surface area (Å²) in [4.78, 5) is 4.83. The second kappa shape index (κ2) is 19.7. The van der Waals surface area contributed by atoms with Gasteiger partial charge in [-0.15, -0.1) is 0 Å². The fourth-order valence-corrected chi connectivity index (χ4v) is 10.1. The molecule has 3 unspecified atom stereocenters. The normalized spacial score (nSPS) is 17.5. The second-order valence-corrected chi connectivity index (χ2v) is 17.9. The van der Waals surface area contributed by atoms with Crippen LogP contribution in [0.4, 0.5) is 17.1 Å². The molecule has 0 radical (unpaired) electrons. The van der Waals surface area contributed by atoms with E-state index in [2.05, 4.69) is 283 Å². The van der Waals surface area contributed by atoms with Crippen molar-refractivity contribution in [3.63, 3.8) is 0 Å². The van der Waals surface area contributed by atoms with E-state index in [1.54, 1.807) is 0 Å². The quantitative estimate of drug-likeness (QED) is 0.121. The van der Waals surface area contributed by atoms with Gasteiger partial charge in [-0.05, 0) is 124 Å². The standard InChI is InChI=1S/C66H54N2/c1-5-15-49(16-6-1)53-25-37-59(38-26-53)67(60-39-27-54(28-40-60)50-17-7-2-8-18-50)63-45-33-57(34-46-63)65-23-13-14-24-66(65)58-35-47-64(48-36-58)68(61-41-29-55(30-42-61)51-19-9-3-10-20-51)62-43-31-56(32-44-62)52-21-11-4-12-22-52/h1-27,29-31,33-35,37-48,54,56,58H,28,32,36H2. The zero-order valence-electron chi connectivity index (χ0n) is 38.2. The van der Waals surface area contributed by atoms with Crippen molar-refractivity contribution < 1.29 is 0 Å². The molecule has 0 bridgehead atoms. The molecule has 3 aliphatic carbocycles. The predicted octanol–water partition coefficient (Wildman–Crippen LogP) is 17.5. The molecule has 0 aliphatic heterocycles. The van der Waals surface area contributed by atoms with Crippen molar-refractivity contribution in [1.82, 2.24) is 0 Å². The van der Waals surface area contributed by atoms with Crippen molar-refractivity contribution in [3.05, 3.63) is 307 Å². The van der Waals surface area contributed by atoms with Crippen LogP contribution >= 0.6 is 0 Å². The lowest BCUT2D eigenvalue weighted by molar-refractivity contribution is 0.825. The summed E-state index contributed by atoms with van der Waals surface area (Å²) in [5.41, 5.74) is 18.4. The highest BCUT2D eigenvalue weighted by Crippen LogP contribution is 2.41. The van der Waals surface area contributed by atoms with Crippen molar-refractivity contribution in [2.45, 2.75) is 37.0 Å². The molecule has 3 aliphatic rings. The summed E-state index contributed by atoms with van der Waals surface area (Å²) in [5, 5.41) is 0. The maximum absolute atomic E-state index is 2.43. The maximum Gasteiger partial charge on any atom is 0.0461 e. The Balaban J connectivity index is 0.865. The van der Waals surface area contributed by atoms with Gasteiger partial charge in [-0.2, -0.15) is 0 Å². The Morgan fingerprint density at radius 2 is 0.618 bits per heavy atom. The number of rotatable bonds is 12. The first kappa shape index (κ1) is 42.4. The van der Waals surface area contributed by atoms with E-state index in [1.165, 1.54) is 67.2 Å². The third kappa shape index (κ3) is 9.14. The number of allylic oxidation sites excluding steroid dienone is 9. The largest absolute Gasteiger partial charge is 0.311 e. The molecule has 2 heteroatoms. The molecular weight excluding hydrogens is 821 g/mol. The van der Waals surface area contributed by atoms with Gasteiger partial charge in [0.2, 0.25) is 0 Å². The molecule has 2 nitrogen and oxygen atoms in total. The van der Waals surface area contributed by atoms with E-state index >= 15 is 0 Å². The van der Waals surface area contributed by atoms with Gasteiger partial charge in [0.05, 0.1) is 0 Å². The molecule has 8 aromatic rings. The van der Waals surface area contributed by atoms with E-state index in [0.717, 1.165) is 36.3 Å². The number of benzene rings is 8. The number of anilines is 3. The molecule has 0 spiro atoms. The molecular formula is C66H54N2. The van der Waals surface area contributed by atoms with Crippen molar-refractivity contribution in [3.8, 4) is 33.4 Å². The summed E-state index contributed by atoms with van der Waals surface area (Å²) in [6.45, 7) is 0. The molecule has 0 N–H and O–H groups in total. The Kier molecular flexibility index (Phi) is 12.3. The fraction of sp³-hybridized carbons (Fsp3) is 0.0909. The molecule has 68 heavy (non-hydrogen) atoms. The Morgan fingerprint density at radius 1 is 0.279 bits per heavy atom. The van der Waals surface area contributed by atoms with Crippen LogP contribution in [0.3, 0.4) is 0 Å². The lowest BCUT2D eigenvalue weighted by atomic mass is 9.85. The average molecular weight is 875 g/mol. The topological polar surface area (TPSA) is 6.48 Å². The fourth-order valence-electron chi connectivity index (χ4n) is 10.1. The van der Waals surface area contributed by atoms with Crippen molar-refractivity contribution in [2.24, 2.45) is 0 Å². The zero-order valence-corrected chi connectivity index (χ0v) is 38.2. The number of hydrogen-bond donors (Lipinski definition) is 0. The average Bonchev–Trinajstić information content (AvgIpc) is 3.43. The summed E-state index contributed by atoms with van der Waals surface area (Å²) in [7, 11) is 0. The van der Waals surface area contributed by atoms with E-state index in [9.17, 15) is 0 Å². The van der Waals surface area contributed by atoms with Crippen molar-refractivity contribution in [1.29, 1.82) is 0 Å². The van der Waals surface area contributed by atoms with Gasteiger partial charge < -0.3 is 9.80 Å². The highest BCUT2D eigenvalue weighted by atomic mass is 15.2. The van der Waals surface area contributed by atoms with Crippen LogP contribution in [0.1, 0.15) is 53.7 Å². The minimum atomic E-state index is 0.241. The molecule has 0 fully saturated rings. The molecule has 328 valence electrons. The monoisotopic (exact) mass is 874 g/mol. The number of hydrogen-bond acceptors (Lipinski definition) is 2. The summed E-state index contributed by atoms with van der Waals surface area (Å²) < 4.78 is 0. The maximum atomic E-state index is 2.43. The summed E-state index contributed by atoms with van der Waals surface area (Å²) >= 11 is 0. The molecule has 0 aromatic heterocycles. The van der Waals surface area contributed by atoms with Crippen LogP contribution in [0.15, 0.2) is 290 Å². The first-order chi connectivity index (χ1) is 33.7. The lowest BCUT2D eigenvalue weighted by Gasteiger charge is -2.32. The molecule has 0 amide bonds. The minimum absolute atomic E-state index is 0.241. The van der Waals surface area contributed by atoms with Crippen LogP contribution in [0.25, 0.3) is 33.4 Å². The Labute approximate surface area is 402 Å². The van der Waals surface area contributed by atoms with E-state index in [4.69, 9.17) is 0 Å². The summed E-state index contributed by atoms with van der Waals surface area (Å²) in [5.74, 6) is 0.978. The van der Waals surface area contributed by atoms with Gasteiger partial charge in [-0.3, -0.25) is 0 Å². The van der Waals surface area contributed by atoms with Crippen LogP contribution < -0.4 is 9.80 Å². The Morgan fingerprint density at radius 3 is 1.04 bits per heavy atom. The highest BCUT2D eigenvalue weighted by molar-refractivity contribution is 5.78. The Bertz CT molecular complexity index is 3160. The van der Waals surface area contributed by atoms with E-state index in [-0.39, 0.29) is 5.92 Å². The van der Waals surface area contributed by atoms with Crippen LogP contribution in [0.5, 0.6) is 0 Å². The first-order valence-corrected chi connectivity index (χ1v) is 24.1. The highest BCUT2D eigenvalue weighted by Gasteiger charge is 2.24. The van der Waals surface area contributed by atoms with E-state index in [0.29, 0.717) is 11.8 Å². The van der Waals surface area contributed by atoms with Crippen LogP contribution in [-0.4, -0.2) is 0 Å². The lowest BCUT2D eigenvalue weighted by Crippen LogP contribution is -2.22. The summed E-state index contributed by atoms with van der Waals surface area (Å²) in [6, 6.07) is 79.1. The molecule has 3 atom stereocenters. The minimum Gasteiger partial charge on any atom is -0.311 e. The van der Waals surface area contributed by atoms with E-state index in [1.807, 2.05) is 0 Å². The predicted molar refractivity (Wildman–Crippen MR) is 287 cm³/mol. The molecule has 0 heterocycles.